The van der Waals surface area contributed by atoms with E-state index >= 15 is 0 Å². The average molecular weight is 265 g/mol. The number of aryl methyl sites for hydroxylation is 1. The van der Waals surface area contributed by atoms with Crippen LogP contribution in [0.2, 0.25) is 0 Å². The highest BCUT2D eigenvalue weighted by Crippen LogP contribution is 2.26. The van der Waals surface area contributed by atoms with Crippen LogP contribution >= 0.6 is 0 Å². The Morgan fingerprint density at radius 1 is 1.05 bits per heavy atom. The summed E-state index contributed by atoms with van der Waals surface area (Å²) in [6.45, 7) is 2.09. The molecule has 0 aliphatic carbocycles. The maximum Gasteiger partial charge on any atom is 0.123 e. The van der Waals surface area contributed by atoms with Crippen LogP contribution in [-0.4, -0.2) is 7.05 Å². The van der Waals surface area contributed by atoms with Gasteiger partial charge in [0.05, 0.1) is 12.3 Å². The van der Waals surface area contributed by atoms with Gasteiger partial charge in [0.1, 0.15) is 5.76 Å². The molecule has 2 heteroatoms. The molecule has 0 aliphatic rings. The Labute approximate surface area is 119 Å². The third kappa shape index (κ3) is 2.35. The second kappa shape index (κ2) is 5.51. The van der Waals surface area contributed by atoms with Crippen molar-refractivity contribution < 1.29 is 4.42 Å². The highest BCUT2D eigenvalue weighted by Gasteiger charge is 2.16. The lowest BCUT2D eigenvalue weighted by Gasteiger charge is -2.16. The monoisotopic (exact) mass is 265 g/mol. The van der Waals surface area contributed by atoms with Crippen LogP contribution in [0, 0.1) is 6.92 Å². The minimum Gasteiger partial charge on any atom is -0.467 e. The third-order valence-electron chi connectivity index (χ3n) is 3.87. The second-order valence-electron chi connectivity index (χ2n) is 5.15. The predicted molar refractivity (Wildman–Crippen MR) is 82.9 cm³/mol. The summed E-state index contributed by atoms with van der Waals surface area (Å²) in [6, 6.07) is 17.2. The van der Waals surface area contributed by atoms with Gasteiger partial charge in [-0.2, -0.15) is 0 Å². The number of furan rings is 1. The quantitative estimate of drug-likeness (QED) is 0.763. The average Bonchev–Trinajstić information content (AvgIpc) is 2.91. The zero-order valence-electron chi connectivity index (χ0n) is 11.9. The van der Waals surface area contributed by atoms with Crippen LogP contribution in [-0.2, 0) is 6.42 Å². The predicted octanol–water partition coefficient (Wildman–Crippen LogP) is 4.24. The van der Waals surface area contributed by atoms with Crippen LogP contribution in [0.5, 0.6) is 0 Å². The lowest BCUT2D eigenvalue weighted by molar-refractivity contribution is 0.427. The normalized spacial score (nSPS) is 12.7. The lowest BCUT2D eigenvalue weighted by atomic mass is 9.97. The minimum atomic E-state index is 0.204. The van der Waals surface area contributed by atoms with Gasteiger partial charge in [0.25, 0.3) is 0 Å². The summed E-state index contributed by atoms with van der Waals surface area (Å²) in [7, 11) is 1.98. The van der Waals surface area contributed by atoms with E-state index in [1.165, 1.54) is 21.9 Å². The standard InChI is InChI=1S/C18H19NO/c1-13-10-11-20-18(13)17(19-2)12-15-8-5-7-14-6-3-4-9-16(14)15/h3-11,17,19H,12H2,1-2H3. The summed E-state index contributed by atoms with van der Waals surface area (Å²) in [5.41, 5.74) is 2.54. The fourth-order valence-corrected chi connectivity index (χ4v) is 2.76. The van der Waals surface area contributed by atoms with Crippen LogP contribution in [0.1, 0.15) is 22.9 Å². The molecule has 20 heavy (non-hydrogen) atoms. The number of benzene rings is 2. The Kier molecular flexibility index (Phi) is 3.57. The largest absolute Gasteiger partial charge is 0.467 e. The number of hydrogen-bond donors (Lipinski definition) is 1. The van der Waals surface area contributed by atoms with Crippen molar-refractivity contribution in [3.63, 3.8) is 0 Å². The van der Waals surface area contributed by atoms with Gasteiger partial charge in [-0.1, -0.05) is 42.5 Å². The van der Waals surface area contributed by atoms with Crippen molar-refractivity contribution in [3.05, 3.63) is 71.7 Å². The highest BCUT2D eigenvalue weighted by atomic mass is 16.3. The van der Waals surface area contributed by atoms with Gasteiger partial charge in [-0.25, -0.2) is 0 Å². The lowest BCUT2D eigenvalue weighted by Crippen LogP contribution is -2.19. The summed E-state index contributed by atoms with van der Waals surface area (Å²) < 4.78 is 5.64. The summed E-state index contributed by atoms with van der Waals surface area (Å²) >= 11 is 0. The Balaban J connectivity index is 1.98. The van der Waals surface area contributed by atoms with Gasteiger partial charge in [-0.15, -0.1) is 0 Å². The zero-order valence-corrected chi connectivity index (χ0v) is 11.9. The Morgan fingerprint density at radius 3 is 2.60 bits per heavy atom. The van der Waals surface area contributed by atoms with E-state index in [9.17, 15) is 0 Å². The fraction of sp³-hybridized carbons (Fsp3) is 0.222. The van der Waals surface area contributed by atoms with Crippen LogP contribution in [0.3, 0.4) is 0 Å². The molecule has 0 aliphatic heterocycles. The van der Waals surface area contributed by atoms with Crippen molar-refractivity contribution in [1.82, 2.24) is 5.32 Å². The molecule has 2 nitrogen and oxygen atoms in total. The second-order valence-corrected chi connectivity index (χ2v) is 5.15. The Hall–Kier alpha value is -2.06. The molecular weight excluding hydrogens is 246 g/mol. The van der Waals surface area contributed by atoms with E-state index in [-0.39, 0.29) is 6.04 Å². The van der Waals surface area contributed by atoms with Crippen molar-refractivity contribution in [3.8, 4) is 0 Å². The number of nitrogens with one attached hydrogen (secondary N) is 1. The maximum absolute atomic E-state index is 5.64. The highest BCUT2D eigenvalue weighted by molar-refractivity contribution is 5.85. The molecule has 1 heterocycles. The van der Waals surface area contributed by atoms with Gasteiger partial charge in [0.2, 0.25) is 0 Å². The van der Waals surface area contributed by atoms with Gasteiger partial charge < -0.3 is 9.73 Å². The molecule has 1 unspecified atom stereocenters. The SMILES string of the molecule is CNC(Cc1cccc2ccccc12)c1occc1C. The van der Waals surface area contributed by atoms with Gasteiger partial charge in [-0.3, -0.25) is 0 Å². The van der Waals surface area contributed by atoms with Gasteiger partial charge >= 0.3 is 0 Å². The molecule has 0 fully saturated rings. The van der Waals surface area contributed by atoms with E-state index in [0.717, 1.165) is 12.2 Å². The first-order valence-electron chi connectivity index (χ1n) is 6.97. The van der Waals surface area contributed by atoms with Crippen LogP contribution < -0.4 is 5.32 Å². The van der Waals surface area contributed by atoms with Crippen molar-refractivity contribution >= 4 is 10.8 Å². The Bertz CT molecular complexity index is 709. The molecular formula is C18H19NO. The Morgan fingerprint density at radius 2 is 1.85 bits per heavy atom. The summed E-state index contributed by atoms with van der Waals surface area (Å²) in [6.07, 6.45) is 2.68. The molecule has 0 spiro atoms. The molecule has 1 N–H and O–H groups in total. The zero-order chi connectivity index (χ0) is 13.9. The molecule has 3 aromatic rings. The van der Waals surface area contributed by atoms with Crippen molar-refractivity contribution in [2.75, 3.05) is 7.05 Å². The van der Waals surface area contributed by atoms with E-state index in [4.69, 9.17) is 4.42 Å². The maximum atomic E-state index is 5.64. The van der Waals surface area contributed by atoms with Crippen molar-refractivity contribution in [2.45, 2.75) is 19.4 Å². The van der Waals surface area contributed by atoms with Crippen molar-refractivity contribution in [1.29, 1.82) is 0 Å². The number of hydrogen-bond acceptors (Lipinski definition) is 2. The molecule has 2 aromatic carbocycles. The van der Waals surface area contributed by atoms with E-state index < -0.39 is 0 Å². The molecule has 0 amide bonds. The summed E-state index contributed by atoms with van der Waals surface area (Å²) in [4.78, 5) is 0. The van der Waals surface area contributed by atoms with Gasteiger partial charge in [-0.05, 0) is 48.4 Å². The van der Waals surface area contributed by atoms with Gasteiger partial charge in [0.15, 0.2) is 0 Å². The molecule has 0 bridgehead atoms. The molecule has 3 rings (SSSR count). The molecule has 0 radical (unpaired) electrons. The molecule has 1 atom stereocenters. The van der Waals surface area contributed by atoms with Crippen LogP contribution in [0.25, 0.3) is 10.8 Å². The molecule has 102 valence electrons. The summed E-state index contributed by atoms with van der Waals surface area (Å²) in [5.74, 6) is 1.03. The minimum absolute atomic E-state index is 0.204. The fourth-order valence-electron chi connectivity index (χ4n) is 2.76. The first-order valence-corrected chi connectivity index (χ1v) is 6.97. The van der Waals surface area contributed by atoms with E-state index in [1.54, 1.807) is 6.26 Å². The number of rotatable bonds is 4. The van der Waals surface area contributed by atoms with Crippen LogP contribution in [0.15, 0.2) is 59.2 Å². The van der Waals surface area contributed by atoms with E-state index in [0.29, 0.717) is 0 Å². The van der Waals surface area contributed by atoms with Crippen molar-refractivity contribution in [2.24, 2.45) is 0 Å². The molecule has 0 saturated heterocycles. The van der Waals surface area contributed by atoms with Crippen LogP contribution in [0.4, 0.5) is 0 Å². The first-order chi connectivity index (χ1) is 9.79. The van der Waals surface area contributed by atoms with E-state index in [1.807, 2.05) is 13.1 Å². The topological polar surface area (TPSA) is 25.2 Å². The number of likely N-dealkylation sites (N-methyl/N-ethyl adjacent to an activating group) is 1. The number of fused-ring (bicyclic) bond motifs is 1. The first kappa shape index (κ1) is 12.9. The van der Waals surface area contributed by atoms with E-state index in [2.05, 4.69) is 54.7 Å². The molecule has 0 saturated carbocycles. The third-order valence-corrected chi connectivity index (χ3v) is 3.87. The summed E-state index contributed by atoms with van der Waals surface area (Å²) in [5, 5.41) is 5.97. The van der Waals surface area contributed by atoms with Gasteiger partial charge in [0, 0.05) is 0 Å². The molecule has 1 aromatic heterocycles. The smallest absolute Gasteiger partial charge is 0.123 e.